The second-order valence-corrected chi connectivity index (χ2v) is 5.78. The Morgan fingerprint density at radius 2 is 1.87 bits per heavy atom. The van der Waals surface area contributed by atoms with E-state index < -0.39 is 0 Å². The smallest absolute Gasteiger partial charge is 0.122 e. The average molecular weight is 313 g/mol. The molecule has 0 aliphatic heterocycles. The van der Waals surface area contributed by atoms with Gasteiger partial charge < -0.3 is 15.2 Å². The summed E-state index contributed by atoms with van der Waals surface area (Å²) in [5.41, 5.74) is 9.63. The fraction of sp³-hybridized carbons (Fsp3) is 0.400. The van der Waals surface area contributed by atoms with Gasteiger partial charge in [-0.3, -0.25) is 0 Å². The first-order valence-electron chi connectivity index (χ1n) is 8.24. The first kappa shape index (κ1) is 17.4. The summed E-state index contributed by atoms with van der Waals surface area (Å²) in [7, 11) is 1.70. The number of hydrogen-bond acceptors (Lipinski definition) is 3. The normalized spacial score (nSPS) is 12.0. The highest BCUT2D eigenvalue weighted by molar-refractivity contribution is 5.39. The maximum absolute atomic E-state index is 6.00. The van der Waals surface area contributed by atoms with Gasteiger partial charge in [0, 0.05) is 5.92 Å². The van der Waals surface area contributed by atoms with Gasteiger partial charge in [-0.25, -0.2) is 0 Å². The van der Waals surface area contributed by atoms with Gasteiger partial charge >= 0.3 is 0 Å². The van der Waals surface area contributed by atoms with Crippen LogP contribution in [0.4, 0.5) is 0 Å². The van der Waals surface area contributed by atoms with E-state index in [0.29, 0.717) is 13.2 Å². The number of hydrogen-bond donors (Lipinski definition) is 1. The zero-order chi connectivity index (χ0) is 16.7. The molecule has 0 heterocycles. The van der Waals surface area contributed by atoms with Crippen LogP contribution in [0.5, 0.6) is 11.5 Å². The zero-order valence-electron chi connectivity index (χ0n) is 14.3. The Hall–Kier alpha value is -2.00. The summed E-state index contributed by atoms with van der Waals surface area (Å²) in [4.78, 5) is 0. The highest BCUT2D eigenvalue weighted by Gasteiger charge is 2.15. The Labute approximate surface area is 139 Å². The van der Waals surface area contributed by atoms with Gasteiger partial charge in [0.2, 0.25) is 0 Å². The maximum Gasteiger partial charge on any atom is 0.122 e. The van der Waals surface area contributed by atoms with Gasteiger partial charge in [0.05, 0.1) is 13.7 Å². The summed E-state index contributed by atoms with van der Waals surface area (Å²) >= 11 is 0. The summed E-state index contributed by atoms with van der Waals surface area (Å²) in [6.07, 6.45) is 1.84. The number of ether oxygens (including phenoxy) is 2. The lowest BCUT2D eigenvalue weighted by molar-refractivity contribution is 0.294. The molecule has 0 saturated heterocycles. The summed E-state index contributed by atoms with van der Waals surface area (Å²) in [6, 6.07) is 14.4. The molecule has 3 heteroatoms. The lowest BCUT2D eigenvalue weighted by Gasteiger charge is -2.19. The van der Waals surface area contributed by atoms with Gasteiger partial charge in [0.1, 0.15) is 11.5 Å². The van der Waals surface area contributed by atoms with Crippen LogP contribution >= 0.6 is 0 Å². The fourth-order valence-corrected chi connectivity index (χ4v) is 2.82. The average Bonchev–Trinajstić information content (AvgIpc) is 2.59. The standard InChI is InChI=1S/C20H27NO2/c1-4-16-7-5-6-8-19(16)23-12-11-17(14-21)18-13-15(2)9-10-20(18)22-3/h5-10,13,17H,4,11-12,14,21H2,1-3H3. The molecule has 0 radical (unpaired) electrons. The lowest BCUT2D eigenvalue weighted by Crippen LogP contribution is -2.16. The Bertz CT molecular complexity index is 625. The van der Waals surface area contributed by atoms with Crippen LogP contribution in [-0.4, -0.2) is 20.3 Å². The summed E-state index contributed by atoms with van der Waals surface area (Å²) < 4.78 is 11.5. The minimum Gasteiger partial charge on any atom is -0.496 e. The minimum atomic E-state index is 0.235. The minimum absolute atomic E-state index is 0.235. The molecule has 1 unspecified atom stereocenters. The van der Waals surface area contributed by atoms with Crippen molar-refractivity contribution in [1.82, 2.24) is 0 Å². The van der Waals surface area contributed by atoms with Crippen LogP contribution in [0.1, 0.15) is 36.0 Å². The van der Waals surface area contributed by atoms with Crippen molar-refractivity contribution < 1.29 is 9.47 Å². The third-order valence-electron chi connectivity index (χ3n) is 4.19. The van der Waals surface area contributed by atoms with E-state index in [1.54, 1.807) is 7.11 Å². The summed E-state index contributed by atoms with van der Waals surface area (Å²) in [5, 5.41) is 0. The number of rotatable bonds is 8. The van der Waals surface area contributed by atoms with Crippen molar-refractivity contribution in [2.24, 2.45) is 5.73 Å². The molecule has 0 amide bonds. The van der Waals surface area contributed by atoms with Crippen LogP contribution in [0.15, 0.2) is 42.5 Å². The van der Waals surface area contributed by atoms with Crippen molar-refractivity contribution in [2.45, 2.75) is 32.6 Å². The summed E-state index contributed by atoms with van der Waals surface area (Å²) in [6.45, 7) is 5.46. The van der Waals surface area contributed by atoms with Gasteiger partial charge in [-0.05, 0) is 49.6 Å². The largest absolute Gasteiger partial charge is 0.496 e. The second-order valence-electron chi connectivity index (χ2n) is 5.78. The molecule has 0 spiro atoms. The van der Waals surface area contributed by atoms with Gasteiger partial charge in [-0.15, -0.1) is 0 Å². The zero-order valence-corrected chi connectivity index (χ0v) is 14.3. The molecule has 2 aromatic rings. The van der Waals surface area contributed by atoms with E-state index >= 15 is 0 Å². The van der Waals surface area contributed by atoms with E-state index in [0.717, 1.165) is 24.3 Å². The molecule has 0 aromatic heterocycles. The molecule has 0 aliphatic rings. The molecule has 0 bridgehead atoms. The van der Waals surface area contributed by atoms with Crippen molar-refractivity contribution in [2.75, 3.05) is 20.3 Å². The van der Waals surface area contributed by atoms with Crippen molar-refractivity contribution in [1.29, 1.82) is 0 Å². The van der Waals surface area contributed by atoms with Crippen LogP contribution in [0, 0.1) is 6.92 Å². The maximum atomic E-state index is 6.00. The Morgan fingerprint density at radius 1 is 1.09 bits per heavy atom. The van der Waals surface area contributed by atoms with E-state index in [1.807, 2.05) is 24.3 Å². The van der Waals surface area contributed by atoms with Crippen molar-refractivity contribution in [3.8, 4) is 11.5 Å². The highest BCUT2D eigenvalue weighted by atomic mass is 16.5. The third-order valence-corrected chi connectivity index (χ3v) is 4.19. The number of nitrogens with two attached hydrogens (primary N) is 1. The predicted molar refractivity (Wildman–Crippen MR) is 95.5 cm³/mol. The van der Waals surface area contributed by atoms with E-state index in [2.05, 4.69) is 32.0 Å². The SMILES string of the molecule is CCc1ccccc1OCCC(CN)c1cc(C)ccc1OC. The first-order chi connectivity index (χ1) is 11.2. The molecule has 2 rings (SSSR count). The topological polar surface area (TPSA) is 44.5 Å². The molecular formula is C20H27NO2. The monoisotopic (exact) mass is 313 g/mol. The van der Waals surface area contributed by atoms with Gasteiger partial charge in [0.25, 0.3) is 0 Å². The van der Waals surface area contributed by atoms with Gasteiger partial charge in [-0.2, -0.15) is 0 Å². The molecule has 2 N–H and O–H groups in total. The number of methoxy groups -OCH3 is 1. The lowest BCUT2D eigenvalue weighted by atomic mass is 9.94. The van der Waals surface area contributed by atoms with Crippen LogP contribution in [0.2, 0.25) is 0 Å². The first-order valence-corrected chi connectivity index (χ1v) is 8.24. The Balaban J connectivity index is 2.04. The molecule has 0 saturated carbocycles. The van der Waals surface area contributed by atoms with E-state index in [1.165, 1.54) is 16.7 Å². The molecule has 0 fully saturated rings. The number of para-hydroxylation sites is 1. The van der Waals surface area contributed by atoms with Crippen molar-refractivity contribution >= 4 is 0 Å². The molecule has 2 aromatic carbocycles. The van der Waals surface area contributed by atoms with Crippen molar-refractivity contribution in [3.63, 3.8) is 0 Å². The Kier molecular flexibility index (Phi) is 6.48. The van der Waals surface area contributed by atoms with Crippen LogP contribution in [0.25, 0.3) is 0 Å². The van der Waals surface area contributed by atoms with E-state index in [4.69, 9.17) is 15.2 Å². The molecular weight excluding hydrogens is 286 g/mol. The van der Waals surface area contributed by atoms with Crippen molar-refractivity contribution in [3.05, 3.63) is 59.2 Å². The molecule has 1 atom stereocenters. The van der Waals surface area contributed by atoms with E-state index in [9.17, 15) is 0 Å². The Morgan fingerprint density at radius 3 is 2.57 bits per heavy atom. The van der Waals surface area contributed by atoms with Gasteiger partial charge in [-0.1, -0.05) is 42.8 Å². The quantitative estimate of drug-likeness (QED) is 0.798. The molecule has 124 valence electrons. The highest BCUT2D eigenvalue weighted by Crippen LogP contribution is 2.30. The van der Waals surface area contributed by atoms with E-state index in [-0.39, 0.29) is 5.92 Å². The van der Waals surface area contributed by atoms with Crippen LogP contribution in [-0.2, 0) is 6.42 Å². The summed E-state index contributed by atoms with van der Waals surface area (Å²) in [5.74, 6) is 2.11. The molecule has 0 aliphatic carbocycles. The second kappa shape index (κ2) is 8.59. The predicted octanol–water partition coefficient (Wildman–Crippen LogP) is 4.08. The van der Waals surface area contributed by atoms with Gasteiger partial charge in [0.15, 0.2) is 0 Å². The fourth-order valence-electron chi connectivity index (χ4n) is 2.82. The number of aryl methyl sites for hydroxylation is 2. The number of benzene rings is 2. The molecule has 3 nitrogen and oxygen atoms in total. The molecule has 23 heavy (non-hydrogen) atoms. The van der Waals surface area contributed by atoms with Crippen LogP contribution in [0.3, 0.4) is 0 Å². The third kappa shape index (κ3) is 4.49. The van der Waals surface area contributed by atoms with Crippen LogP contribution < -0.4 is 15.2 Å².